The van der Waals surface area contributed by atoms with Crippen LogP contribution in [0, 0.1) is 0 Å². The zero-order valence-corrected chi connectivity index (χ0v) is 17.4. The molecular formula is C22H26N2O4S. The highest BCUT2D eigenvalue weighted by Crippen LogP contribution is 2.32. The summed E-state index contributed by atoms with van der Waals surface area (Å²) in [6.45, 7) is 1.00. The average molecular weight is 415 g/mol. The largest absolute Gasteiger partial charge is 0.495 e. The maximum Gasteiger partial charge on any atom is 0.251 e. The molecule has 29 heavy (non-hydrogen) atoms. The first-order valence-electron chi connectivity index (χ1n) is 10.1. The van der Waals surface area contributed by atoms with Crippen LogP contribution < -0.4 is 10.1 Å². The summed E-state index contributed by atoms with van der Waals surface area (Å²) in [6, 6.07) is 12.7. The maximum atomic E-state index is 13.1. The molecule has 2 aromatic rings. The van der Waals surface area contributed by atoms with E-state index < -0.39 is 10.0 Å². The van der Waals surface area contributed by atoms with Gasteiger partial charge < -0.3 is 10.1 Å². The van der Waals surface area contributed by atoms with E-state index in [0.717, 1.165) is 37.7 Å². The van der Waals surface area contributed by atoms with E-state index in [1.54, 1.807) is 12.1 Å². The molecule has 4 rings (SSSR count). The molecule has 0 radical (unpaired) electrons. The quantitative estimate of drug-likeness (QED) is 0.815. The molecular weight excluding hydrogens is 388 g/mol. The van der Waals surface area contributed by atoms with Crippen molar-refractivity contribution in [3.05, 3.63) is 59.2 Å². The van der Waals surface area contributed by atoms with Crippen molar-refractivity contribution >= 4 is 15.9 Å². The van der Waals surface area contributed by atoms with Gasteiger partial charge in [0.15, 0.2) is 0 Å². The molecule has 154 valence electrons. The monoisotopic (exact) mass is 414 g/mol. The van der Waals surface area contributed by atoms with Gasteiger partial charge in [-0.2, -0.15) is 4.31 Å². The Morgan fingerprint density at radius 2 is 1.86 bits per heavy atom. The number of ether oxygens (including phenoxy) is 1. The minimum absolute atomic E-state index is 0.0543. The number of nitrogens with zero attached hydrogens (tertiary/aromatic N) is 1. The second kappa shape index (κ2) is 8.16. The number of hydrogen-bond donors (Lipinski definition) is 1. The van der Waals surface area contributed by atoms with Crippen molar-refractivity contribution in [1.29, 1.82) is 0 Å². The highest BCUT2D eigenvalue weighted by Gasteiger charge is 2.31. The number of nitrogens with one attached hydrogen (secondary N) is 1. The van der Waals surface area contributed by atoms with Crippen LogP contribution in [0.3, 0.4) is 0 Å². The first-order chi connectivity index (χ1) is 14.0. The smallest absolute Gasteiger partial charge is 0.251 e. The SMILES string of the molecule is COc1ccc(C(=O)N[C@@H]2CCCc3ccccc32)cc1S(=O)(=O)N1CCCC1. The van der Waals surface area contributed by atoms with Gasteiger partial charge in [-0.1, -0.05) is 24.3 Å². The Labute approximate surface area is 171 Å². The highest BCUT2D eigenvalue weighted by atomic mass is 32.2. The Hall–Kier alpha value is -2.38. The number of hydrogen-bond acceptors (Lipinski definition) is 4. The van der Waals surface area contributed by atoms with E-state index in [1.165, 1.54) is 23.0 Å². The lowest BCUT2D eigenvalue weighted by molar-refractivity contribution is 0.0932. The van der Waals surface area contributed by atoms with E-state index in [9.17, 15) is 13.2 Å². The van der Waals surface area contributed by atoms with Crippen molar-refractivity contribution in [2.75, 3.05) is 20.2 Å². The van der Waals surface area contributed by atoms with Gasteiger partial charge in [0.25, 0.3) is 5.91 Å². The Bertz CT molecular complexity index is 1010. The van der Waals surface area contributed by atoms with Crippen molar-refractivity contribution < 1.29 is 17.9 Å². The van der Waals surface area contributed by atoms with Crippen molar-refractivity contribution in [2.45, 2.75) is 43.0 Å². The third-order valence-electron chi connectivity index (χ3n) is 5.78. The lowest BCUT2D eigenvalue weighted by atomic mass is 9.87. The zero-order valence-electron chi connectivity index (χ0n) is 16.6. The summed E-state index contributed by atoms with van der Waals surface area (Å²) in [5, 5.41) is 3.09. The number of carbonyl (C=O) groups excluding carboxylic acids is 1. The van der Waals surface area contributed by atoms with Gasteiger partial charge in [-0.05, 0) is 61.4 Å². The van der Waals surface area contributed by atoms with Crippen LogP contribution in [0.4, 0.5) is 0 Å². The van der Waals surface area contributed by atoms with Gasteiger partial charge in [-0.25, -0.2) is 8.42 Å². The predicted molar refractivity (Wildman–Crippen MR) is 111 cm³/mol. The molecule has 0 bridgehead atoms. The van der Waals surface area contributed by atoms with Crippen LogP contribution in [0.25, 0.3) is 0 Å². The van der Waals surface area contributed by atoms with Crippen LogP contribution >= 0.6 is 0 Å². The molecule has 2 aliphatic rings. The molecule has 0 unspecified atom stereocenters. The summed E-state index contributed by atoms with van der Waals surface area (Å²) >= 11 is 0. The van der Waals surface area contributed by atoms with Crippen molar-refractivity contribution in [3.63, 3.8) is 0 Å². The molecule has 1 fully saturated rings. The molecule has 1 N–H and O–H groups in total. The topological polar surface area (TPSA) is 75.7 Å². The number of sulfonamides is 1. The second-order valence-electron chi connectivity index (χ2n) is 7.59. The zero-order chi connectivity index (χ0) is 20.4. The number of methoxy groups -OCH3 is 1. The molecule has 0 spiro atoms. The van der Waals surface area contributed by atoms with Gasteiger partial charge in [0.1, 0.15) is 10.6 Å². The Morgan fingerprint density at radius 1 is 1.10 bits per heavy atom. The summed E-state index contributed by atoms with van der Waals surface area (Å²) in [4.78, 5) is 13.0. The minimum Gasteiger partial charge on any atom is -0.495 e. The third-order valence-corrected chi connectivity index (χ3v) is 7.70. The third kappa shape index (κ3) is 3.89. The fraction of sp³-hybridized carbons (Fsp3) is 0.409. The lowest BCUT2D eigenvalue weighted by Crippen LogP contribution is -2.31. The molecule has 6 nitrogen and oxygen atoms in total. The van der Waals surface area contributed by atoms with Gasteiger partial charge in [0.2, 0.25) is 10.0 Å². The van der Waals surface area contributed by atoms with Crippen molar-refractivity contribution in [2.24, 2.45) is 0 Å². The van der Waals surface area contributed by atoms with Crippen molar-refractivity contribution in [3.8, 4) is 5.75 Å². The summed E-state index contributed by atoms with van der Waals surface area (Å²) in [6.07, 6.45) is 4.60. The van der Waals surface area contributed by atoms with Crippen LogP contribution in [0.2, 0.25) is 0 Å². The van der Waals surface area contributed by atoms with Gasteiger partial charge in [0, 0.05) is 18.7 Å². The minimum atomic E-state index is -3.69. The summed E-state index contributed by atoms with van der Waals surface area (Å²) in [5.74, 6) is -0.0105. The fourth-order valence-corrected chi connectivity index (χ4v) is 5.93. The first kappa shape index (κ1) is 19.9. The number of aryl methyl sites for hydroxylation is 1. The normalized spacial score (nSPS) is 19.6. The van der Waals surface area contributed by atoms with Crippen LogP contribution in [0.1, 0.15) is 53.2 Å². The number of rotatable bonds is 5. The standard InChI is InChI=1S/C22H26N2O4S/c1-28-20-12-11-17(15-21(20)29(26,27)24-13-4-5-14-24)22(25)23-19-10-6-8-16-7-2-3-9-18(16)19/h2-3,7,9,11-12,15,19H,4-6,8,10,13-14H2,1H3,(H,23,25)/t19-/m1/s1. The molecule has 1 heterocycles. The fourth-order valence-electron chi connectivity index (χ4n) is 4.23. The molecule has 1 aliphatic carbocycles. The molecule has 1 saturated heterocycles. The van der Waals surface area contributed by atoms with Gasteiger partial charge in [-0.15, -0.1) is 0 Å². The van der Waals surface area contributed by atoms with Gasteiger partial charge in [-0.3, -0.25) is 4.79 Å². The maximum absolute atomic E-state index is 13.1. The van der Waals surface area contributed by atoms with E-state index in [1.807, 2.05) is 12.1 Å². The van der Waals surface area contributed by atoms with Crippen LogP contribution in [0.15, 0.2) is 47.4 Å². The molecule has 1 amide bonds. The van der Waals surface area contributed by atoms with Gasteiger partial charge >= 0.3 is 0 Å². The first-order valence-corrected chi connectivity index (χ1v) is 11.5. The number of benzene rings is 2. The van der Waals surface area contributed by atoms with Crippen molar-refractivity contribution in [1.82, 2.24) is 9.62 Å². The van der Waals surface area contributed by atoms with Crippen LogP contribution in [-0.4, -0.2) is 38.8 Å². The van der Waals surface area contributed by atoms with E-state index in [0.29, 0.717) is 18.7 Å². The molecule has 0 saturated carbocycles. The van der Waals surface area contributed by atoms with Crippen LogP contribution in [0.5, 0.6) is 5.75 Å². The highest BCUT2D eigenvalue weighted by molar-refractivity contribution is 7.89. The summed E-state index contributed by atoms with van der Waals surface area (Å²) < 4.78 is 32.9. The Morgan fingerprint density at radius 3 is 2.62 bits per heavy atom. The van der Waals surface area contributed by atoms with E-state index >= 15 is 0 Å². The molecule has 0 aromatic heterocycles. The molecule has 1 aliphatic heterocycles. The Balaban J connectivity index is 1.62. The number of amides is 1. The summed E-state index contributed by atoms with van der Waals surface area (Å²) in [7, 11) is -2.25. The van der Waals surface area contributed by atoms with Gasteiger partial charge in [0.05, 0.1) is 13.2 Å². The molecule has 7 heteroatoms. The predicted octanol–water partition coefficient (Wildman–Crippen LogP) is 3.29. The number of fused-ring (bicyclic) bond motifs is 1. The molecule has 2 aromatic carbocycles. The molecule has 1 atom stereocenters. The van der Waals surface area contributed by atoms with E-state index in [4.69, 9.17) is 4.74 Å². The second-order valence-corrected chi connectivity index (χ2v) is 9.50. The van der Waals surface area contributed by atoms with E-state index in [2.05, 4.69) is 17.4 Å². The van der Waals surface area contributed by atoms with Crippen LogP contribution in [-0.2, 0) is 16.4 Å². The average Bonchev–Trinajstić information content (AvgIpc) is 3.29. The van der Waals surface area contributed by atoms with E-state index in [-0.39, 0.29) is 22.6 Å². The summed E-state index contributed by atoms with van der Waals surface area (Å²) in [5.41, 5.74) is 2.73. The number of carbonyl (C=O) groups is 1. The Kier molecular flexibility index (Phi) is 5.61. The lowest BCUT2D eigenvalue weighted by Gasteiger charge is -2.26.